The minimum Gasteiger partial charge on any atom is -0.382 e. The summed E-state index contributed by atoms with van der Waals surface area (Å²) in [5.41, 5.74) is 7.72. The predicted octanol–water partition coefficient (Wildman–Crippen LogP) is 3.15. The molecule has 1 heterocycles. The van der Waals surface area contributed by atoms with Crippen LogP contribution in [0, 0.1) is 0 Å². The van der Waals surface area contributed by atoms with Crippen molar-refractivity contribution in [2.24, 2.45) is 0 Å². The molecule has 3 aromatic rings. The van der Waals surface area contributed by atoms with Crippen LogP contribution in [0.4, 0.5) is 5.82 Å². The molecule has 6 nitrogen and oxygen atoms in total. The highest BCUT2D eigenvalue weighted by molar-refractivity contribution is 7.98. The standard InChI is InChI=1S/C17H16ClN5OS/c1-25-13-7-4-6-12(9-13)23-16(19)15(21-22-23)17(24)20-10-11-5-2-3-8-14(11)18/h2-9H,10,19H2,1H3,(H,20,24). The number of nitrogen functional groups attached to an aromatic ring is 1. The Balaban J connectivity index is 1.78. The zero-order valence-electron chi connectivity index (χ0n) is 13.4. The smallest absolute Gasteiger partial charge is 0.275 e. The molecule has 0 saturated carbocycles. The molecule has 0 fully saturated rings. The van der Waals surface area contributed by atoms with Crippen LogP contribution in [0.15, 0.2) is 53.4 Å². The largest absolute Gasteiger partial charge is 0.382 e. The molecule has 8 heteroatoms. The number of thioether (sulfide) groups is 1. The maximum atomic E-state index is 12.4. The Labute approximate surface area is 154 Å². The third kappa shape index (κ3) is 3.78. The summed E-state index contributed by atoms with van der Waals surface area (Å²) in [5, 5.41) is 11.3. The monoisotopic (exact) mass is 373 g/mol. The molecular weight excluding hydrogens is 358 g/mol. The maximum absolute atomic E-state index is 12.4. The molecule has 0 aliphatic carbocycles. The second kappa shape index (κ2) is 7.58. The molecule has 3 rings (SSSR count). The van der Waals surface area contributed by atoms with Crippen molar-refractivity contribution >= 4 is 35.1 Å². The Hall–Kier alpha value is -2.51. The van der Waals surface area contributed by atoms with Crippen molar-refractivity contribution in [2.75, 3.05) is 12.0 Å². The van der Waals surface area contributed by atoms with Crippen molar-refractivity contribution in [2.45, 2.75) is 11.4 Å². The van der Waals surface area contributed by atoms with Gasteiger partial charge in [0.1, 0.15) is 0 Å². The fourth-order valence-corrected chi connectivity index (χ4v) is 2.94. The highest BCUT2D eigenvalue weighted by Crippen LogP contribution is 2.21. The highest BCUT2D eigenvalue weighted by Gasteiger charge is 2.18. The van der Waals surface area contributed by atoms with E-state index >= 15 is 0 Å². The molecule has 0 aliphatic heterocycles. The average molecular weight is 374 g/mol. The fraction of sp³-hybridized carbons (Fsp3) is 0.118. The molecule has 1 aromatic heterocycles. The molecule has 128 valence electrons. The van der Waals surface area contributed by atoms with Gasteiger partial charge in [0.15, 0.2) is 11.5 Å². The van der Waals surface area contributed by atoms with Crippen molar-refractivity contribution in [3.8, 4) is 5.69 Å². The maximum Gasteiger partial charge on any atom is 0.275 e. The number of amides is 1. The topological polar surface area (TPSA) is 85.8 Å². The van der Waals surface area contributed by atoms with Crippen LogP contribution in [0.5, 0.6) is 0 Å². The first-order chi connectivity index (χ1) is 12.1. The number of rotatable bonds is 5. The van der Waals surface area contributed by atoms with E-state index in [2.05, 4.69) is 15.6 Å². The van der Waals surface area contributed by atoms with Crippen molar-refractivity contribution in [1.29, 1.82) is 0 Å². The minimum absolute atomic E-state index is 0.0848. The number of nitrogens with two attached hydrogens (primary N) is 1. The quantitative estimate of drug-likeness (QED) is 0.671. The summed E-state index contributed by atoms with van der Waals surface area (Å²) in [6, 6.07) is 15.0. The summed E-state index contributed by atoms with van der Waals surface area (Å²) < 4.78 is 1.45. The van der Waals surface area contributed by atoms with Crippen molar-refractivity contribution in [3.63, 3.8) is 0 Å². The van der Waals surface area contributed by atoms with Gasteiger partial charge in [-0.3, -0.25) is 4.79 Å². The first-order valence-corrected chi connectivity index (χ1v) is 9.07. The van der Waals surface area contributed by atoms with Gasteiger partial charge in [-0.05, 0) is 36.1 Å². The fourth-order valence-electron chi connectivity index (χ4n) is 2.28. The van der Waals surface area contributed by atoms with Gasteiger partial charge < -0.3 is 11.1 Å². The predicted molar refractivity (Wildman–Crippen MR) is 100 cm³/mol. The van der Waals surface area contributed by atoms with Gasteiger partial charge in [0.25, 0.3) is 5.91 Å². The molecule has 0 radical (unpaired) electrons. The Morgan fingerprint density at radius 2 is 2.08 bits per heavy atom. The summed E-state index contributed by atoms with van der Waals surface area (Å²) in [6.07, 6.45) is 1.98. The number of hydrogen-bond donors (Lipinski definition) is 2. The molecule has 0 spiro atoms. The van der Waals surface area contributed by atoms with E-state index < -0.39 is 5.91 Å². The van der Waals surface area contributed by atoms with Crippen LogP contribution < -0.4 is 11.1 Å². The van der Waals surface area contributed by atoms with E-state index in [4.69, 9.17) is 17.3 Å². The molecule has 0 bridgehead atoms. The Kier molecular flexibility index (Phi) is 5.25. The van der Waals surface area contributed by atoms with Gasteiger partial charge in [-0.1, -0.05) is 41.1 Å². The molecule has 0 atom stereocenters. The summed E-state index contributed by atoms with van der Waals surface area (Å²) in [4.78, 5) is 13.4. The minimum atomic E-state index is -0.398. The molecule has 0 unspecified atom stereocenters. The number of carbonyl (C=O) groups excluding carboxylic acids is 1. The molecule has 25 heavy (non-hydrogen) atoms. The second-order valence-corrected chi connectivity index (χ2v) is 6.50. The number of anilines is 1. The lowest BCUT2D eigenvalue weighted by Gasteiger charge is -2.07. The number of nitrogens with one attached hydrogen (secondary N) is 1. The van der Waals surface area contributed by atoms with E-state index in [0.29, 0.717) is 5.02 Å². The summed E-state index contributed by atoms with van der Waals surface area (Å²) in [7, 11) is 0. The van der Waals surface area contributed by atoms with E-state index in [0.717, 1.165) is 16.1 Å². The lowest BCUT2D eigenvalue weighted by Crippen LogP contribution is -2.24. The zero-order chi connectivity index (χ0) is 17.8. The lowest BCUT2D eigenvalue weighted by atomic mass is 10.2. The molecule has 2 aromatic carbocycles. The van der Waals surface area contributed by atoms with Crippen LogP contribution in [-0.2, 0) is 6.54 Å². The molecule has 0 saturated heterocycles. The van der Waals surface area contributed by atoms with Crippen molar-refractivity contribution < 1.29 is 4.79 Å². The van der Waals surface area contributed by atoms with E-state index in [1.807, 2.05) is 48.7 Å². The van der Waals surface area contributed by atoms with Crippen molar-refractivity contribution in [1.82, 2.24) is 20.3 Å². The van der Waals surface area contributed by atoms with Gasteiger partial charge in [0.05, 0.1) is 5.69 Å². The van der Waals surface area contributed by atoms with Crippen LogP contribution >= 0.6 is 23.4 Å². The number of nitrogens with zero attached hydrogens (tertiary/aromatic N) is 3. The van der Waals surface area contributed by atoms with E-state index in [-0.39, 0.29) is 18.1 Å². The SMILES string of the molecule is CSc1cccc(-n2nnc(C(=O)NCc3ccccc3Cl)c2N)c1. The number of halogens is 1. The highest BCUT2D eigenvalue weighted by atomic mass is 35.5. The number of carbonyl (C=O) groups is 1. The van der Waals surface area contributed by atoms with Crippen molar-refractivity contribution in [3.05, 3.63) is 64.8 Å². The second-order valence-electron chi connectivity index (χ2n) is 5.21. The average Bonchev–Trinajstić information content (AvgIpc) is 3.02. The van der Waals surface area contributed by atoms with Crippen LogP contribution in [0.3, 0.4) is 0 Å². The van der Waals surface area contributed by atoms with Crippen LogP contribution in [0.25, 0.3) is 5.69 Å². The van der Waals surface area contributed by atoms with Crippen LogP contribution in [0.1, 0.15) is 16.1 Å². The van der Waals surface area contributed by atoms with Crippen LogP contribution in [0.2, 0.25) is 5.02 Å². The molecule has 1 amide bonds. The van der Waals surface area contributed by atoms with E-state index in [9.17, 15) is 4.79 Å². The molecule has 0 aliphatic rings. The van der Waals surface area contributed by atoms with Gasteiger partial charge in [-0.25, -0.2) is 0 Å². The number of benzene rings is 2. The van der Waals surface area contributed by atoms with Crippen LogP contribution in [-0.4, -0.2) is 27.2 Å². The Morgan fingerprint density at radius 1 is 1.28 bits per heavy atom. The normalized spacial score (nSPS) is 10.6. The first kappa shape index (κ1) is 17.3. The van der Waals surface area contributed by atoms with E-state index in [1.165, 1.54) is 4.68 Å². The van der Waals surface area contributed by atoms with Gasteiger partial charge in [0, 0.05) is 16.5 Å². The van der Waals surface area contributed by atoms with Gasteiger partial charge >= 0.3 is 0 Å². The summed E-state index contributed by atoms with van der Waals surface area (Å²) in [6.45, 7) is 0.284. The number of hydrogen-bond acceptors (Lipinski definition) is 5. The Morgan fingerprint density at radius 3 is 2.84 bits per heavy atom. The number of aromatic nitrogens is 3. The zero-order valence-corrected chi connectivity index (χ0v) is 15.0. The summed E-state index contributed by atoms with van der Waals surface area (Å²) in [5.74, 6) is -0.209. The lowest BCUT2D eigenvalue weighted by molar-refractivity contribution is 0.0947. The third-order valence-electron chi connectivity index (χ3n) is 3.62. The molecular formula is C17H16ClN5OS. The van der Waals surface area contributed by atoms with E-state index in [1.54, 1.807) is 17.8 Å². The molecule has 3 N–H and O–H groups in total. The third-order valence-corrected chi connectivity index (χ3v) is 4.71. The summed E-state index contributed by atoms with van der Waals surface area (Å²) >= 11 is 7.70. The van der Waals surface area contributed by atoms with Gasteiger partial charge in [-0.15, -0.1) is 16.9 Å². The first-order valence-electron chi connectivity index (χ1n) is 7.47. The van der Waals surface area contributed by atoms with Gasteiger partial charge in [0.2, 0.25) is 0 Å². The van der Waals surface area contributed by atoms with Gasteiger partial charge in [-0.2, -0.15) is 4.68 Å². The Bertz CT molecular complexity index is 912.